The molecule has 0 radical (unpaired) electrons. The maximum atomic E-state index is 12.4. The SMILES string of the molecule is O=S(=O)(NCc1ccc(-c2[nH]ncc2-c2ccncc2)cc1)c1ccc(Cl)cc1. The Labute approximate surface area is 173 Å². The van der Waals surface area contributed by atoms with Gasteiger partial charge in [-0.15, -0.1) is 0 Å². The summed E-state index contributed by atoms with van der Waals surface area (Å²) in [5.74, 6) is 0. The lowest BCUT2D eigenvalue weighted by Gasteiger charge is -2.08. The minimum absolute atomic E-state index is 0.179. The summed E-state index contributed by atoms with van der Waals surface area (Å²) in [6.07, 6.45) is 5.25. The van der Waals surface area contributed by atoms with Gasteiger partial charge in [-0.1, -0.05) is 35.9 Å². The van der Waals surface area contributed by atoms with Gasteiger partial charge in [0.05, 0.1) is 16.8 Å². The molecule has 0 unspecified atom stereocenters. The van der Waals surface area contributed by atoms with E-state index < -0.39 is 10.0 Å². The standard InChI is InChI=1S/C21H17ClN4O2S/c22-18-5-7-19(8-6-18)29(27,28)25-13-15-1-3-17(4-2-15)21-20(14-24-26-21)16-9-11-23-12-10-16/h1-12,14,25H,13H2,(H,24,26). The molecule has 8 heteroatoms. The topological polar surface area (TPSA) is 87.7 Å². The largest absolute Gasteiger partial charge is 0.277 e. The fourth-order valence-electron chi connectivity index (χ4n) is 2.92. The number of benzene rings is 2. The van der Waals surface area contributed by atoms with E-state index in [4.69, 9.17) is 11.6 Å². The van der Waals surface area contributed by atoms with E-state index in [2.05, 4.69) is 19.9 Å². The zero-order chi connectivity index (χ0) is 20.3. The molecule has 2 aromatic heterocycles. The number of aromatic amines is 1. The van der Waals surface area contributed by atoms with E-state index in [9.17, 15) is 8.42 Å². The van der Waals surface area contributed by atoms with Crippen molar-refractivity contribution >= 4 is 21.6 Å². The lowest BCUT2D eigenvalue weighted by atomic mass is 10.0. The molecule has 2 N–H and O–H groups in total. The molecule has 29 heavy (non-hydrogen) atoms. The average molecular weight is 425 g/mol. The Morgan fingerprint density at radius 1 is 0.897 bits per heavy atom. The predicted molar refractivity (Wildman–Crippen MR) is 113 cm³/mol. The molecule has 2 heterocycles. The van der Waals surface area contributed by atoms with E-state index in [-0.39, 0.29) is 11.4 Å². The summed E-state index contributed by atoms with van der Waals surface area (Å²) in [7, 11) is -3.60. The van der Waals surface area contributed by atoms with Gasteiger partial charge in [0, 0.05) is 35.1 Å². The molecule has 4 aromatic rings. The molecule has 0 aliphatic carbocycles. The molecule has 0 bridgehead atoms. The quantitative estimate of drug-likeness (QED) is 0.483. The number of H-pyrrole nitrogens is 1. The Kier molecular flexibility index (Phi) is 5.44. The first-order valence-corrected chi connectivity index (χ1v) is 10.7. The van der Waals surface area contributed by atoms with Crippen molar-refractivity contribution in [3.63, 3.8) is 0 Å². The molecule has 6 nitrogen and oxygen atoms in total. The molecule has 0 saturated heterocycles. The second-order valence-corrected chi connectivity index (χ2v) is 8.57. The summed E-state index contributed by atoms with van der Waals surface area (Å²) >= 11 is 5.82. The van der Waals surface area contributed by atoms with Gasteiger partial charge >= 0.3 is 0 Å². The minimum atomic E-state index is -3.60. The first-order chi connectivity index (χ1) is 14.0. The Morgan fingerprint density at radius 3 is 2.28 bits per heavy atom. The van der Waals surface area contributed by atoms with Gasteiger partial charge in [-0.3, -0.25) is 10.1 Å². The molecular formula is C21H17ClN4O2S. The molecule has 2 aromatic carbocycles. The summed E-state index contributed by atoms with van der Waals surface area (Å²) in [5.41, 5.74) is 4.69. The molecule has 0 aliphatic heterocycles. The molecule has 0 saturated carbocycles. The highest BCUT2D eigenvalue weighted by Gasteiger charge is 2.14. The van der Waals surface area contributed by atoms with Crippen LogP contribution in [0.15, 0.2) is 84.1 Å². The van der Waals surface area contributed by atoms with Crippen LogP contribution in [0.4, 0.5) is 0 Å². The van der Waals surface area contributed by atoms with Crippen LogP contribution in [-0.4, -0.2) is 23.6 Å². The molecule has 0 fully saturated rings. The van der Waals surface area contributed by atoms with Crippen LogP contribution in [0.2, 0.25) is 5.02 Å². The number of aromatic nitrogens is 3. The van der Waals surface area contributed by atoms with Gasteiger partial charge in [0.1, 0.15) is 0 Å². The summed E-state index contributed by atoms with van der Waals surface area (Å²) in [6, 6.07) is 17.6. The summed E-state index contributed by atoms with van der Waals surface area (Å²) < 4.78 is 27.4. The highest BCUT2D eigenvalue weighted by atomic mass is 35.5. The summed E-state index contributed by atoms with van der Waals surface area (Å²) in [5, 5.41) is 7.68. The summed E-state index contributed by atoms with van der Waals surface area (Å²) in [6.45, 7) is 0.186. The number of nitrogens with zero attached hydrogens (tertiary/aromatic N) is 2. The number of rotatable bonds is 6. The zero-order valence-corrected chi connectivity index (χ0v) is 16.8. The summed E-state index contributed by atoms with van der Waals surface area (Å²) in [4.78, 5) is 4.22. The third-order valence-corrected chi connectivity index (χ3v) is 6.13. The number of pyridine rings is 1. The van der Waals surface area contributed by atoms with E-state index in [1.165, 1.54) is 12.1 Å². The van der Waals surface area contributed by atoms with Gasteiger partial charge in [-0.25, -0.2) is 13.1 Å². The van der Waals surface area contributed by atoms with Crippen LogP contribution < -0.4 is 4.72 Å². The molecule has 0 spiro atoms. The molecule has 146 valence electrons. The van der Waals surface area contributed by atoms with Crippen LogP contribution >= 0.6 is 11.6 Å². The Hall–Kier alpha value is -3.00. The molecule has 0 aliphatic rings. The van der Waals surface area contributed by atoms with E-state index in [1.54, 1.807) is 30.7 Å². The predicted octanol–water partition coefficient (Wildman–Crippen LogP) is 4.27. The van der Waals surface area contributed by atoms with Crippen molar-refractivity contribution in [2.75, 3.05) is 0 Å². The van der Waals surface area contributed by atoms with E-state index in [0.717, 1.165) is 27.9 Å². The number of hydrogen-bond acceptors (Lipinski definition) is 4. The van der Waals surface area contributed by atoms with Crippen LogP contribution in [0.25, 0.3) is 22.4 Å². The smallest absolute Gasteiger partial charge is 0.240 e. The van der Waals surface area contributed by atoms with Gasteiger partial charge in [-0.2, -0.15) is 5.10 Å². The second kappa shape index (κ2) is 8.16. The fourth-order valence-corrected chi connectivity index (χ4v) is 4.06. The van der Waals surface area contributed by atoms with Crippen LogP contribution in [0.3, 0.4) is 0 Å². The van der Waals surface area contributed by atoms with E-state index in [1.807, 2.05) is 36.4 Å². The maximum Gasteiger partial charge on any atom is 0.240 e. The zero-order valence-electron chi connectivity index (χ0n) is 15.2. The average Bonchev–Trinajstić information content (AvgIpc) is 3.24. The highest BCUT2D eigenvalue weighted by molar-refractivity contribution is 7.89. The fraction of sp³-hybridized carbons (Fsp3) is 0.0476. The van der Waals surface area contributed by atoms with Crippen LogP contribution in [0, 0.1) is 0 Å². The lowest BCUT2D eigenvalue weighted by Crippen LogP contribution is -2.23. The van der Waals surface area contributed by atoms with E-state index in [0.29, 0.717) is 5.02 Å². The highest BCUT2D eigenvalue weighted by Crippen LogP contribution is 2.29. The Morgan fingerprint density at radius 2 is 1.59 bits per heavy atom. The Balaban J connectivity index is 1.49. The van der Waals surface area contributed by atoms with Crippen LogP contribution in [0.5, 0.6) is 0 Å². The maximum absolute atomic E-state index is 12.4. The van der Waals surface area contributed by atoms with Crippen molar-refractivity contribution in [1.29, 1.82) is 0 Å². The van der Waals surface area contributed by atoms with Crippen molar-refractivity contribution in [1.82, 2.24) is 19.9 Å². The van der Waals surface area contributed by atoms with Gasteiger partial charge in [0.2, 0.25) is 10.0 Å². The molecule has 0 atom stereocenters. The molecule has 0 amide bonds. The minimum Gasteiger partial charge on any atom is -0.277 e. The van der Waals surface area contributed by atoms with Gasteiger partial charge in [0.15, 0.2) is 0 Å². The van der Waals surface area contributed by atoms with Crippen molar-refractivity contribution in [3.05, 3.63) is 89.8 Å². The van der Waals surface area contributed by atoms with Crippen molar-refractivity contribution in [2.45, 2.75) is 11.4 Å². The lowest BCUT2D eigenvalue weighted by molar-refractivity contribution is 0.581. The third kappa shape index (κ3) is 4.37. The van der Waals surface area contributed by atoms with Crippen molar-refractivity contribution in [2.24, 2.45) is 0 Å². The van der Waals surface area contributed by atoms with Gasteiger partial charge in [0.25, 0.3) is 0 Å². The van der Waals surface area contributed by atoms with Crippen molar-refractivity contribution in [3.8, 4) is 22.4 Å². The molecular weight excluding hydrogens is 408 g/mol. The first kappa shape index (κ1) is 19.3. The Bertz CT molecular complexity index is 1210. The number of halogens is 1. The van der Waals surface area contributed by atoms with Crippen molar-refractivity contribution < 1.29 is 8.42 Å². The van der Waals surface area contributed by atoms with E-state index >= 15 is 0 Å². The van der Waals surface area contributed by atoms with Gasteiger partial charge in [-0.05, 0) is 47.5 Å². The number of sulfonamides is 1. The second-order valence-electron chi connectivity index (χ2n) is 6.37. The van der Waals surface area contributed by atoms with Gasteiger partial charge < -0.3 is 0 Å². The number of hydrogen-bond donors (Lipinski definition) is 2. The number of nitrogens with one attached hydrogen (secondary N) is 2. The van der Waals surface area contributed by atoms with Crippen LogP contribution in [0.1, 0.15) is 5.56 Å². The van der Waals surface area contributed by atoms with Crippen LogP contribution in [-0.2, 0) is 16.6 Å². The normalized spacial score (nSPS) is 11.5. The third-order valence-electron chi connectivity index (χ3n) is 4.46. The first-order valence-electron chi connectivity index (χ1n) is 8.81. The monoisotopic (exact) mass is 424 g/mol. The molecule has 4 rings (SSSR count).